The average Bonchev–Trinajstić information content (AvgIpc) is 3.08. The van der Waals surface area contributed by atoms with Gasteiger partial charge in [0, 0.05) is 18.9 Å². The Hall–Kier alpha value is -2.65. The largest absolute Gasteiger partial charge is 0.481 e. The molecule has 0 saturated carbocycles. The number of carbonyl (C=O) groups is 4. The summed E-state index contributed by atoms with van der Waals surface area (Å²) in [4.78, 5) is 52.0. The van der Waals surface area contributed by atoms with Crippen LogP contribution in [0.3, 0.4) is 0 Å². The first kappa shape index (κ1) is 24.6. The minimum absolute atomic E-state index is 0.142. The summed E-state index contributed by atoms with van der Waals surface area (Å²) in [5.41, 5.74) is 1.14. The molecule has 9 nitrogen and oxygen atoms in total. The van der Waals surface area contributed by atoms with Crippen molar-refractivity contribution in [1.29, 1.82) is 0 Å². The van der Waals surface area contributed by atoms with Crippen LogP contribution in [0.4, 0.5) is 0 Å². The molecule has 0 saturated heterocycles. The summed E-state index contributed by atoms with van der Waals surface area (Å²) in [5.74, 6) is -3.10. The van der Waals surface area contributed by atoms with E-state index in [9.17, 15) is 19.2 Å². The van der Waals surface area contributed by atoms with Crippen molar-refractivity contribution in [1.82, 2.24) is 15.0 Å². The van der Waals surface area contributed by atoms with Gasteiger partial charge in [-0.25, -0.2) is 14.7 Å². The lowest BCUT2D eigenvalue weighted by atomic mass is 9.90. The molecule has 0 aliphatic heterocycles. The van der Waals surface area contributed by atoms with E-state index in [-0.39, 0.29) is 18.2 Å². The molecule has 2 atom stereocenters. The topological polar surface area (TPSA) is 122 Å². The number of fused-ring (bicyclic) bond motifs is 1. The van der Waals surface area contributed by atoms with Gasteiger partial charge in [-0.2, -0.15) is 0 Å². The van der Waals surface area contributed by atoms with Crippen molar-refractivity contribution in [3.63, 3.8) is 0 Å². The van der Waals surface area contributed by atoms with Crippen LogP contribution in [-0.4, -0.2) is 51.4 Å². The van der Waals surface area contributed by atoms with Crippen LogP contribution in [0.15, 0.2) is 18.5 Å². The van der Waals surface area contributed by atoms with E-state index in [0.717, 1.165) is 0 Å². The summed E-state index contributed by atoms with van der Waals surface area (Å²) in [7, 11) is 0. The SMILES string of the molecule is CCN(C(=O)CC(C(=O)NC(C=O)CC(=O)O)C(C)C)n1cnc2cc(Cl)c(Cl)cc21. The number of amides is 2. The molecule has 2 rings (SSSR count). The maximum absolute atomic E-state index is 13.1. The molecule has 2 N–H and O–H groups in total. The number of carboxylic acids is 1. The van der Waals surface area contributed by atoms with Crippen molar-refractivity contribution >= 4 is 58.3 Å². The maximum Gasteiger partial charge on any atom is 0.305 e. The van der Waals surface area contributed by atoms with Crippen LogP contribution >= 0.6 is 23.2 Å². The number of hydrogen-bond acceptors (Lipinski definition) is 5. The Labute approximate surface area is 189 Å². The van der Waals surface area contributed by atoms with Gasteiger partial charge in [0.25, 0.3) is 0 Å². The number of aromatic nitrogens is 2. The van der Waals surface area contributed by atoms with E-state index in [0.29, 0.717) is 33.9 Å². The van der Waals surface area contributed by atoms with E-state index in [2.05, 4.69) is 10.3 Å². The summed E-state index contributed by atoms with van der Waals surface area (Å²) in [6, 6.07) is 2.05. The normalized spacial score (nSPS) is 13.1. The number of rotatable bonds is 10. The highest BCUT2D eigenvalue weighted by Gasteiger charge is 2.30. The van der Waals surface area contributed by atoms with Crippen LogP contribution in [0, 0.1) is 11.8 Å². The van der Waals surface area contributed by atoms with E-state index in [1.165, 1.54) is 11.3 Å². The predicted octanol–water partition coefficient (Wildman–Crippen LogP) is 2.65. The van der Waals surface area contributed by atoms with Crippen molar-refractivity contribution in [3.8, 4) is 0 Å². The summed E-state index contributed by atoms with van der Waals surface area (Å²) in [6.07, 6.45) is 1.17. The molecule has 0 bridgehead atoms. The number of benzene rings is 1. The van der Waals surface area contributed by atoms with Crippen LogP contribution in [0.5, 0.6) is 0 Å². The summed E-state index contributed by atoms with van der Waals surface area (Å²) in [5, 5.41) is 13.4. The second-order valence-corrected chi connectivity index (χ2v) is 8.17. The Balaban J connectivity index is 2.24. The molecule has 0 aliphatic rings. The minimum Gasteiger partial charge on any atom is -0.481 e. The van der Waals surface area contributed by atoms with Crippen LogP contribution in [-0.2, 0) is 19.2 Å². The number of aldehydes is 1. The van der Waals surface area contributed by atoms with Crippen LogP contribution in [0.25, 0.3) is 11.0 Å². The lowest BCUT2D eigenvalue weighted by molar-refractivity contribution is -0.139. The van der Waals surface area contributed by atoms with Crippen molar-refractivity contribution in [2.75, 3.05) is 11.6 Å². The van der Waals surface area contributed by atoms with Gasteiger partial charge in [0.05, 0.1) is 33.5 Å². The first-order chi connectivity index (χ1) is 14.6. The van der Waals surface area contributed by atoms with Gasteiger partial charge in [0.15, 0.2) is 0 Å². The Morgan fingerprint density at radius 3 is 2.42 bits per heavy atom. The molecule has 11 heteroatoms. The van der Waals surface area contributed by atoms with Gasteiger partial charge < -0.3 is 15.2 Å². The van der Waals surface area contributed by atoms with Gasteiger partial charge in [-0.05, 0) is 25.0 Å². The zero-order chi connectivity index (χ0) is 23.3. The average molecular weight is 471 g/mol. The number of carbonyl (C=O) groups excluding carboxylic acids is 3. The van der Waals surface area contributed by atoms with E-state index in [1.807, 2.05) is 0 Å². The molecule has 0 radical (unpaired) electrons. The fourth-order valence-electron chi connectivity index (χ4n) is 3.17. The molecule has 168 valence electrons. The Kier molecular flexibility index (Phi) is 8.41. The molecule has 1 aromatic heterocycles. The molecule has 1 heterocycles. The highest BCUT2D eigenvalue weighted by molar-refractivity contribution is 6.42. The fraction of sp³-hybridized carbons (Fsp3) is 0.450. The molecule has 2 unspecified atom stereocenters. The van der Waals surface area contributed by atoms with E-state index < -0.39 is 30.3 Å². The Morgan fingerprint density at radius 1 is 1.23 bits per heavy atom. The fourth-order valence-corrected chi connectivity index (χ4v) is 3.48. The summed E-state index contributed by atoms with van der Waals surface area (Å²) >= 11 is 12.1. The maximum atomic E-state index is 13.1. The van der Waals surface area contributed by atoms with Gasteiger partial charge in [-0.1, -0.05) is 37.0 Å². The van der Waals surface area contributed by atoms with Gasteiger partial charge >= 0.3 is 5.97 Å². The molecular formula is C20H24Cl2N4O5. The highest BCUT2D eigenvalue weighted by atomic mass is 35.5. The van der Waals surface area contributed by atoms with Crippen LogP contribution in [0.2, 0.25) is 10.0 Å². The molecule has 2 aromatic rings. The number of nitrogens with one attached hydrogen (secondary N) is 1. The standard InChI is InChI=1S/C20H24Cl2N4O5/c1-4-25(26-10-23-16-7-14(21)15(22)8-17(16)26)18(28)6-13(11(2)3)20(31)24-12(9-27)5-19(29)30/h7-13H,4-6H2,1-3H3,(H,24,31)(H,29,30). The molecule has 0 fully saturated rings. The third-order valence-electron chi connectivity index (χ3n) is 4.84. The van der Waals surface area contributed by atoms with Crippen molar-refractivity contribution < 1.29 is 24.3 Å². The number of halogens is 2. The summed E-state index contributed by atoms with van der Waals surface area (Å²) < 4.78 is 1.55. The van der Waals surface area contributed by atoms with Crippen molar-refractivity contribution in [2.24, 2.45) is 11.8 Å². The molecule has 0 aliphatic carbocycles. The quantitative estimate of drug-likeness (QED) is 0.514. The Morgan fingerprint density at radius 2 is 1.87 bits per heavy atom. The van der Waals surface area contributed by atoms with Crippen molar-refractivity contribution in [2.45, 2.75) is 39.7 Å². The smallest absolute Gasteiger partial charge is 0.305 e. The van der Waals surface area contributed by atoms with Gasteiger partial charge in [0.1, 0.15) is 12.6 Å². The molecular weight excluding hydrogens is 447 g/mol. The Bertz CT molecular complexity index is 991. The molecule has 1 aromatic carbocycles. The molecule has 31 heavy (non-hydrogen) atoms. The monoisotopic (exact) mass is 470 g/mol. The molecule has 2 amide bonds. The number of nitrogens with zero attached hydrogens (tertiary/aromatic N) is 3. The third kappa shape index (κ3) is 5.95. The minimum atomic E-state index is -1.21. The van der Waals surface area contributed by atoms with Crippen LogP contribution in [0.1, 0.15) is 33.6 Å². The first-order valence-corrected chi connectivity index (χ1v) is 10.4. The lowest BCUT2D eigenvalue weighted by Gasteiger charge is -2.27. The number of imidazole rings is 1. The van der Waals surface area contributed by atoms with Crippen molar-refractivity contribution in [3.05, 3.63) is 28.5 Å². The van der Waals surface area contributed by atoms with Gasteiger partial charge in [-0.3, -0.25) is 14.4 Å². The van der Waals surface area contributed by atoms with E-state index in [1.54, 1.807) is 37.6 Å². The van der Waals surface area contributed by atoms with E-state index >= 15 is 0 Å². The second-order valence-electron chi connectivity index (χ2n) is 7.36. The van der Waals surface area contributed by atoms with Crippen LogP contribution < -0.4 is 10.3 Å². The third-order valence-corrected chi connectivity index (χ3v) is 5.56. The van der Waals surface area contributed by atoms with E-state index in [4.69, 9.17) is 28.3 Å². The zero-order valence-electron chi connectivity index (χ0n) is 17.3. The second kappa shape index (κ2) is 10.6. The number of aliphatic carboxylic acids is 1. The highest BCUT2D eigenvalue weighted by Crippen LogP contribution is 2.27. The first-order valence-electron chi connectivity index (χ1n) is 9.69. The predicted molar refractivity (Wildman–Crippen MR) is 117 cm³/mol. The van der Waals surface area contributed by atoms with Gasteiger partial charge in [-0.15, -0.1) is 0 Å². The zero-order valence-corrected chi connectivity index (χ0v) is 18.9. The number of carboxylic acid groups (broad SMARTS) is 1. The number of hydrogen-bond donors (Lipinski definition) is 2. The summed E-state index contributed by atoms with van der Waals surface area (Å²) in [6.45, 7) is 5.62. The lowest BCUT2D eigenvalue weighted by Crippen LogP contribution is -2.46. The molecule has 0 spiro atoms. The van der Waals surface area contributed by atoms with Gasteiger partial charge in [0.2, 0.25) is 11.8 Å².